The van der Waals surface area contributed by atoms with Crippen LogP contribution in [0, 0.1) is 25.7 Å². The molecule has 4 rings (SSSR count). The first-order chi connectivity index (χ1) is 17.2. The molecule has 3 N–H and O–H groups in total. The summed E-state index contributed by atoms with van der Waals surface area (Å²) < 4.78 is 6.52. The molecule has 198 valence electrons. The van der Waals surface area contributed by atoms with Gasteiger partial charge in [0.1, 0.15) is 11.6 Å². The molecule has 1 spiro atoms. The third-order valence-corrected chi connectivity index (χ3v) is 8.69. The third-order valence-electron chi connectivity index (χ3n) is 7.85. The van der Waals surface area contributed by atoms with E-state index >= 15 is 0 Å². The summed E-state index contributed by atoms with van der Waals surface area (Å²) in [5, 5.41) is 15.1. The Labute approximate surface area is 221 Å². The molecule has 3 saturated heterocycles. The number of likely N-dealkylation sites (tertiary alicyclic amines) is 1. The number of aliphatic hydroxyl groups is 1. The summed E-state index contributed by atoms with van der Waals surface area (Å²) in [4.78, 5) is 42.6. The zero-order valence-electron chi connectivity index (χ0n) is 21.4. The van der Waals surface area contributed by atoms with Crippen molar-refractivity contribution in [3.05, 3.63) is 29.3 Å². The van der Waals surface area contributed by atoms with Crippen molar-refractivity contribution in [3.63, 3.8) is 0 Å². The van der Waals surface area contributed by atoms with Gasteiger partial charge >= 0.3 is 0 Å². The molecular formula is C27H38BrN3O5. The second-order valence-corrected chi connectivity index (χ2v) is 11.6. The number of carbonyl (C=O) groups is 3. The highest BCUT2D eigenvalue weighted by Crippen LogP contribution is 2.60. The average Bonchev–Trinajstić information content (AvgIpc) is 3.43. The Kier molecular flexibility index (Phi) is 8.42. The maximum atomic E-state index is 13.9. The van der Waals surface area contributed by atoms with Crippen LogP contribution in [-0.4, -0.2) is 70.0 Å². The van der Waals surface area contributed by atoms with Crippen molar-refractivity contribution < 1.29 is 24.2 Å². The second-order valence-electron chi connectivity index (χ2n) is 10.4. The van der Waals surface area contributed by atoms with Crippen LogP contribution in [0.3, 0.4) is 0 Å². The average molecular weight is 565 g/mol. The molecule has 2 bridgehead atoms. The lowest BCUT2D eigenvalue weighted by Gasteiger charge is -2.34. The monoisotopic (exact) mass is 563 g/mol. The van der Waals surface area contributed by atoms with Crippen molar-refractivity contribution >= 4 is 39.3 Å². The molecule has 0 radical (unpaired) electrons. The van der Waals surface area contributed by atoms with Crippen LogP contribution in [0.5, 0.6) is 0 Å². The highest BCUT2D eigenvalue weighted by atomic mass is 79.9. The predicted octanol–water partition coefficient (Wildman–Crippen LogP) is 3.07. The Morgan fingerprint density at radius 1 is 1.19 bits per heavy atom. The summed E-state index contributed by atoms with van der Waals surface area (Å²) in [5.41, 5.74) is 1.64. The molecule has 3 heterocycles. The van der Waals surface area contributed by atoms with Crippen molar-refractivity contribution in [2.75, 3.05) is 25.0 Å². The van der Waals surface area contributed by atoms with E-state index in [4.69, 9.17) is 9.84 Å². The quantitative estimate of drug-likeness (QED) is 0.283. The van der Waals surface area contributed by atoms with Gasteiger partial charge in [-0.2, -0.15) is 0 Å². The van der Waals surface area contributed by atoms with E-state index in [1.807, 2.05) is 39.0 Å². The number of carbonyl (C=O) groups excluding carboxylic acids is 3. The summed E-state index contributed by atoms with van der Waals surface area (Å²) >= 11 is 3.70. The van der Waals surface area contributed by atoms with Crippen LogP contribution in [0.25, 0.3) is 0 Å². The van der Waals surface area contributed by atoms with Gasteiger partial charge < -0.3 is 25.4 Å². The summed E-state index contributed by atoms with van der Waals surface area (Å²) in [7, 11) is 0. The zero-order valence-corrected chi connectivity index (χ0v) is 23.0. The van der Waals surface area contributed by atoms with Crippen molar-refractivity contribution in [2.45, 2.75) is 81.9 Å². The molecule has 3 aliphatic rings. The molecule has 1 aromatic carbocycles. The molecule has 0 aliphatic carbocycles. The number of hydrogen-bond acceptors (Lipinski definition) is 5. The molecule has 3 fully saturated rings. The Balaban J connectivity index is 1.65. The van der Waals surface area contributed by atoms with Crippen LogP contribution >= 0.6 is 15.9 Å². The molecule has 0 aromatic heterocycles. The number of aliphatic hydroxyl groups excluding tert-OH is 1. The van der Waals surface area contributed by atoms with Crippen molar-refractivity contribution in [2.24, 2.45) is 11.8 Å². The minimum atomic E-state index is -1.04. The number of nitrogens with one attached hydrogen (secondary N) is 2. The second kappa shape index (κ2) is 11.2. The minimum Gasteiger partial charge on any atom is -0.396 e. The van der Waals surface area contributed by atoms with E-state index in [0.29, 0.717) is 25.9 Å². The van der Waals surface area contributed by atoms with E-state index in [-0.39, 0.29) is 29.2 Å². The summed E-state index contributed by atoms with van der Waals surface area (Å²) in [5.74, 6) is -1.93. The van der Waals surface area contributed by atoms with E-state index in [1.165, 1.54) is 0 Å². The van der Waals surface area contributed by atoms with Gasteiger partial charge in [0.15, 0.2) is 0 Å². The Morgan fingerprint density at radius 2 is 1.94 bits per heavy atom. The van der Waals surface area contributed by atoms with E-state index < -0.39 is 29.6 Å². The van der Waals surface area contributed by atoms with E-state index in [1.54, 1.807) is 4.90 Å². The Bertz CT molecular complexity index is 1000. The number of rotatable bonds is 11. The van der Waals surface area contributed by atoms with E-state index in [2.05, 4.69) is 26.6 Å². The number of nitrogens with zero attached hydrogens (tertiary/aromatic N) is 1. The summed E-state index contributed by atoms with van der Waals surface area (Å²) in [6.45, 7) is 6.99. The highest BCUT2D eigenvalue weighted by Gasteiger charge is 2.76. The number of fused-ring (bicyclic) bond motifs is 1. The van der Waals surface area contributed by atoms with Crippen molar-refractivity contribution in [1.82, 2.24) is 10.2 Å². The number of amides is 3. The van der Waals surface area contributed by atoms with Crippen LogP contribution in [-0.2, 0) is 19.1 Å². The minimum absolute atomic E-state index is 0.112. The van der Waals surface area contributed by atoms with Crippen molar-refractivity contribution in [1.29, 1.82) is 0 Å². The normalized spacial score (nSPS) is 30.5. The van der Waals surface area contributed by atoms with E-state index in [9.17, 15) is 14.4 Å². The number of ether oxygens (including phenoxy) is 1. The molecule has 36 heavy (non-hydrogen) atoms. The fourth-order valence-electron chi connectivity index (χ4n) is 6.16. The molecule has 6 atom stereocenters. The van der Waals surface area contributed by atoms with Gasteiger partial charge in [-0.1, -0.05) is 47.8 Å². The molecule has 8 nitrogen and oxygen atoms in total. The van der Waals surface area contributed by atoms with Gasteiger partial charge in [0.2, 0.25) is 17.7 Å². The first-order valence-corrected chi connectivity index (χ1v) is 14.1. The molecule has 3 aliphatic heterocycles. The topological polar surface area (TPSA) is 108 Å². The number of anilines is 1. The standard InChI is InChI=1S/C27H38BrN3O5/c1-4-11-29-24(33)20-21-26(35)31(12-7-5-6-8-13-32)23(27(21)15-18(28)22(20)36-27)25(34)30-19-14-16(2)9-10-17(19)3/h9-10,14,18,20-23,32H,4-8,11-13,15H2,1-3H3,(H,29,33)(H,30,34)/t18?,20-,21-,22-,23?,27?/m0/s1. The third kappa shape index (κ3) is 4.82. The number of unbranched alkanes of at least 4 members (excludes halogenated alkanes) is 3. The molecule has 0 saturated carbocycles. The zero-order chi connectivity index (χ0) is 26.0. The number of benzene rings is 1. The fraction of sp³-hybridized carbons (Fsp3) is 0.667. The van der Waals surface area contributed by atoms with Crippen LogP contribution in [0.2, 0.25) is 0 Å². The van der Waals surface area contributed by atoms with Crippen molar-refractivity contribution in [3.8, 4) is 0 Å². The molecule has 3 unspecified atom stereocenters. The van der Waals surface area contributed by atoms with Gasteiger partial charge in [-0.3, -0.25) is 14.4 Å². The van der Waals surface area contributed by atoms with Gasteiger partial charge in [-0.25, -0.2) is 0 Å². The van der Waals surface area contributed by atoms with E-state index in [0.717, 1.165) is 42.5 Å². The number of hydrogen-bond donors (Lipinski definition) is 3. The van der Waals surface area contributed by atoms with Gasteiger partial charge in [0.05, 0.1) is 17.9 Å². The summed E-state index contributed by atoms with van der Waals surface area (Å²) in [6.07, 6.45) is 3.99. The first kappa shape index (κ1) is 27.1. The lowest BCUT2D eigenvalue weighted by atomic mass is 9.70. The molecule has 9 heteroatoms. The van der Waals surface area contributed by atoms with Crippen LogP contribution in [0.15, 0.2) is 18.2 Å². The van der Waals surface area contributed by atoms with Gasteiger partial charge in [-0.05, 0) is 56.7 Å². The number of halogens is 1. The SMILES string of the molecule is CCCNC(=O)[C@H]1[C@H]2C(=O)N(CCCCCCO)C(C(=O)Nc3cc(C)ccc3C)C23CC(Br)[C@@H]1O3. The number of alkyl halides is 1. The lowest BCUT2D eigenvalue weighted by molar-refractivity contribution is -0.140. The highest BCUT2D eigenvalue weighted by molar-refractivity contribution is 9.09. The molecular weight excluding hydrogens is 526 g/mol. The Hall–Kier alpha value is -1.97. The van der Waals surface area contributed by atoms with Gasteiger partial charge in [0, 0.05) is 30.2 Å². The maximum Gasteiger partial charge on any atom is 0.250 e. The maximum absolute atomic E-state index is 13.9. The van der Waals surface area contributed by atoms with Crippen LogP contribution in [0.1, 0.15) is 56.6 Å². The molecule has 3 amide bonds. The lowest BCUT2D eigenvalue weighted by Crippen LogP contribution is -2.54. The smallest absolute Gasteiger partial charge is 0.250 e. The fourth-order valence-corrected chi connectivity index (χ4v) is 7.10. The largest absolute Gasteiger partial charge is 0.396 e. The predicted molar refractivity (Wildman–Crippen MR) is 141 cm³/mol. The van der Waals surface area contributed by atoms with Gasteiger partial charge in [0.25, 0.3) is 0 Å². The van der Waals surface area contributed by atoms with Gasteiger partial charge in [-0.15, -0.1) is 0 Å². The van der Waals surface area contributed by atoms with Crippen LogP contribution < -0.4 is 10.6 Å². The first-order valence-electron chi connectivity index (χ1n) is 13.1. The number of aryl methyl sites for hydroxylation is 2. The summed E-state index contributed by atoms with van der Waals surface area (Å²) in [6, 6.07) is 5.07. The molecule has 1 aromatic rings. The Morgan fingerprint density at radius 3 is 2.67 bits per heavy atom. The van der Waals surface area contributed by atoms with Crippen LogP contribution in [0.4, 0.5) is 5.69 Å².